The topological polar surface area (TPSA) is 75.3 Å². The monoisotopic (exact) mass is 376 g/mol. The summed E-state index contributed by atoms with van der Waals surface area (Å²) in [6.45, 7) is 2.83. The molecular weight excluding hydrogens is 352 g/mol. The van der Waals surface area contributed by atoms with Gasteiger partial charge in [0.15, 0.2) is 6.23 Å². The number of hydrogen-bond acceptors (Lipinski definition) is 5. The molecule has 28 heavy (non-hydrogen) atoms. The van der Waals surface area contributed by atoms with E-state index in [1.54, 1.807) is 6.20 Å². The third-order valence-electron chi connectivity index (χ3n) is 4.96. The van der Waals surface area contributed by atoms with Gasteiger partial charge in [-0.1, -0.05) is 25.1 Å². The summed E-state index contributed by atoms with van der Waals surface area (Å²) in [5.74, 6) is 0. The predicted octanol–water partition coefficient (Wildman–Crippen LogP) is 4.15. The quantitative estimate of drug-likeness (QED) is 0.624. The molecule has 1 amide bonds. The zero-order valence-electron chi connectivity index (χ0n) is 15.8. The average Bonchev–Trinajstić information content (AvgIpc) is 3.15. The van der Waals surface area contributed by atoms with Gasteiger partial charge in [-0.05, 0) is 47.7 Å². The van der Waals surface area contributed by atoms with Crippen molar-refractivity contribution in [1.82, 2.24) is 10.3 Å². The Labute approximate surface area is 164 Å². The number of nitrogens with zero attached hydrogens (tertiary/aromatic N) is 1. The van der Waals surface area contributed by atoms with Crippen LogP contribution in [0.1, 0.15) is 18.9 Å². The van der Waals surface area contributed by atoms with Crippen molar-refractivity contribution >= 4 is 28.2 Å². The van der Waals surface area contributed by atoms with Crippen molar-refractivity contribution in [3.05, 3.63) is 66.5 Å². The van der Waals surface area contributed by atoms with Crippen LogP contribution < -0.4 is 16.0 Å². The molecule has 1 aliphatic heterocycles. The Bertz CT molecular complexity index is 958. The van der Waals surface area contributed by atoms with Crippen LogP contribution in [0.25, 0.3) is 10.8 Å². The zero-order valence-corrected chi connectivity index (χ0v) is 15.8. The van der Waals surface area contributed by atoms with Gasteiger partial charge in [0.2, 0.25) is 0 Å². The first-order valence-corrected chi connectivity index (χ1v) is 9.60. The minimum absolute atomic E-state index is 0.195. The van der Waals surface area contributed by atoms with Crippen LogP contribution in [-0.4, -0.2) is 29.9 Å². The molecule has 2 aromatic carbocycles. The Morgan fingerprint density at radius 2 is 1.96 bits per heavy atom. The Morgan fingerprint density at radius 3 is 2.79 bits per heavy atom. The van der Waals surface area contributed by atoms with Crippen LogP contribution in [0.3, 0.4) is 0 Å². The number of hydrogen-bond donors (Lipinski definition) is 3. The van der Waals surface area contributed by atoms with Gasteiger partial charge in [-0.2, -0.15) is 0 Å². The number of pyridine rings is 1. The number of anilines is 2. The fraction of sp³-hybridized carbons (Fsp3) is 0.273. The zero-order chi connectivity index (χ0) is 19.3. The number of carbonyl (C=O) groups is 1. The summed E-state index contributed by atoms with van der Waals surface area (Å²) in [5.41, 5.74) is 3.02. The normalized spacial score (nSPS) is 18.8. The molecule has 2 atom stereocenters. The van der Waals surface area contributed by atoms with Crippen molar-refractivity contribution in [3.63, 3.8) is 0 Å². The fourth-order valence-electron chi connectivity index (χ4n) is 3.41. The molecule has 4 rings (SSSR count). The van der Waals surface area contributed by atoms with E-state index in [-0.39, 0.29) is 12.3 Å². The average molecular weight is 376 g/mol. The largest absolute Gasteiger partial charge is 0.430 e. The lowest BCUT2D eigenvalue weighted by Crippen LogP contribution is -2.29. The third-order valence-corrected chi connectivity index (χ3v) is 4.96. The van der Waals surface area contributed by atoms with Gasteiger partial charge in [0.1, 0.15) is 0 Å². The second kappa shape index (κ2) is 8.27. The molecule has 144 valence electrons. The van der Waals surface area contributed by atoms with Crippen molar-refractivity contribution in [2.75, 3.05) is 17.2 Å². The van der Waals surface area contributed by atoms with Gasteiger partial charge in [-0.25, -0.2) is 4.79 Å². The van der Waals surface area contributed by atoms with Crippen molar-refractivity contribution < 1.29 is 9.53 Å². The van der Waals surface area contributed by atoms with E-state index < -0.39 is 6.09 Å². The molecule has 3 aromatic rings. The van der Waals surface area contributed by atoms with Crippen molar-refractivity contribution in [1.29, 1.82) is 0 Å². The summed E-state index contributed by atoms with van der Waals surface area (Å²) in [6, 6.07) is 16.2. The van der Waals surface area contributed by atoms with E-state index >= 15 is 0 Å². The molecule has 0 radical (unpaired) electrons. The molecule has 6 nitrogen and oxygen atoms in total. The molecule has 2 heterocycles. The van der Waals surface area contributed by atoms with Gasteiger partial charge in [0, 0.05) is 48.2 Å². The number of aryl methyl sites for hydroxylation is 1. The molecule has 3 N–H and O–H groups in total. The van der Waals surface area contributed by atoms with Crippen molar-refractivity contribution in [2.24, 2.45) is 0 Å². The third kappa shape index (κ3) is 4.40. The lowest BCUT2D eigenvalue weighted by molar-refractivity contribution is 0.102. The number of benzene rings is 2. The smallest absolute Gasteiger partial charge is 0.413 e. The number of amides is 1. The molecule has 0 aliphatic carbocycles. The number of carbonyl (C=O) groups excluding carboxylic acids is 1. The summed E-state index contributed by atoms with van der Waals surface area (Å²) in [5, 5.41) is 11.8. The van der Waals surface area contributed by atoms with E-state index in [1.807, 2.05) is 42.6 Å². The maximum atomic E-state index is 12.1. The van der Waals surface area contributed by atoms with E-state index in [0.29, 0.717) is 6.42 Å². The Morgan fingerprint density at radius 1 is 1.14 bits per heavy atom. The van der Waals surface area contributed by atoms with Crippen LogP contribution in [-0.2, 0) is 11.2 Å². The van der Waals surface area contributed by atoms with Crippen LogP contribution in [0.5, 0.6) is 0 Å². The first-order chi connectivity index (χ1) is 13.7. The second-order valence-corrected chi connectivity index (χ2v) is 6.99. The second-order valence-electron chi connectivity index (χ2n) is 6.99. The molecule has 1 fully saturated rings. The van der Waals surface area contributed by atoms with Crippen molar-refractivity contribution in [3.8, 4) is 0 Å². The van der Waals surface area contributed by atoms with Gasteiger partial charge in [0.25, 0.3) is 0 Å². The number of rotatable bonds is 5. The maximum Gasteiger partial charge on any atom is 0.413 e. The summed E-state index contributed by atoms with van der Waals surface area (Å²) in [7, 11) is 0. The van der Waals surface area contributed by atoms with Crippen LogP contribution in [0, 0.1) is 0 Å². The molecule has 0 unspecified atom stereocenters. The highest BCUT2D eigenvalue weighted by Crippen LogP contribution is 2.21. The highest BCUT2D eigenvalue weighted by molar-refractivity contribution is 5.85. The Hall–Kier alpha value is -3.12. The van der Waals surface area contributed by atoms with Gasteiger partial charge in [-0.3, -0.25) is 15.6 Å². The van der Waals surface area contributed by atoms with E-state index in [0.717, 1.165) is 35.1 Å². The molecule has 1 aliphatic rings. The van der Waals surface area contributed by atoms with E-state index in [4.69, 9.17) is 4.74 Å². The lowest BCUT2D eigenvalue weighted by atomic mass is 10.1. The van der Waals surface area contributed by atoms with Gasteiger partial charge >= 0.3 is 6.09 Å². The van der Waals surface area contributed by atoms with Crippen LogP contribution in [0.15, 0.2) is 60.9 Å². The van der Waals surface area contributed by atoms with E-state index in [1.165, 1.54) is 5.56 Å². The summed E-state index contributed by atoms with van der Waals surface area (Å²) in [4.78, 5) is 16.3. The molecule has 0 bridgehead atoms. The first kappa shape index (κ1) is 18.3. The van der Waals surface area contributed by atoms with Crippen LogP contribution in [0.2, 0.25) is 0 Å². The minimum Gasteiger partial charge on any atom is -0.430 e. The highest BCUT2D eigenvalue weighted by Gasteiger charge is 2.27. The standard InChI is InChI=1S/C22H24N4O2/c1-2-15-3-6-18(7-4-15)26-22(27)28-21-12-20(14-24-21)25-19-8-5-17-13-23-10-9-16(17)11-19/h3-11,13,20-21,24-25H,2,12,14H2,1H3,(H,26,27)/t20-,21+/m1/s1. The summed E-state index contributed by atoms with van der Waals surface area (Å²) >= 11 is 0. The molecule has 6 heteroatoms. The molecule has 0 saturated carbocycles. The Kier molecular flexibility index (Phi) is 5.39. The lowest BCUT2D eigenvalue weighted by Gasteiger charge is -2.15. The highest BCUT2D eigenvalue weighted by atomic mass is 16.6. The number of ether oxygens (including phenoxy) is 1. The van der Waals surface area contributed by atoms with Crippen LogP contribution >= 0.6 is 0 Å². The fourth-order valence-corrected chi connectivity index (χ4v) is 3.41. The maximum absolute atomic E-state index is 12.1. The SMILES string of the molecule is CCc1ccc(NC(=O)O[C@H]2C[C@@H](Nc3ccc4cnccc4c3)CN2)cc1. The number of aromatic nitrogens is 1. The van der Waals surface area contributed by atoms with Crippen LogP contribution in [0.4, 0.5) is 16.2 Å². The van der Waals surface area contributed by atoms with Gasteiger partial charge in [-0.15, -0.1) is 0 Å². The molecular formula is C22H24N4O2. The van der Waals surface area contributed by atoms with Crippen molar-refractivity contribution in [2.45, 2.75) is 32.0 Å². The summed E-state index contributed by atoms with van der Waals surface area (Å²) in [6.07, 6.45) is 4.57. The Balaban J connectivity index is 1.28. The number of fused-ring (bicyclic) bond motifs is 1. The van der Waals surface area contributed by atoms with Gasteiger partial charge in [0.05, 0.1) is 0 Å². The first-order valence-electron chi connectivity index (χ1n) is 9.60. The molecule has 0 spiro atoms. The van der Waals surface area contributed by atoms with E-state index in [2.05, 4.69) is 40.0 Å². The van der Waals surface area contributed by atoms with Gasteiger partial charge < -0.3 is 10.1 Å². The molecule has 1 aromatic heterocycles. The molecule has 1 saturated heterocycles. The van der Waals surface area contributed by atoms with E-state index in [9.17, 15) is 4.79 Å². The minimum atomic E-state index is -0.444. The predicted molar refractivity (Wildman–Crippen MR) is 111 cm³/mol. The summed E-state index contributed by atoms with van der Waals surface area (Å²) < 4.78 is 5.50. The number of nitrogens with one attached hydrogen (secondary N) is 3.